The molecule has 0 aromatic heterocycles. The number of aliphatic hydroxyl groups is 2. The zero-order valence-electron chi connectivity index (χ0n) is 12.9. The Hall–Kier alpha value is -1.48. The Morgan fingerprint density at radius 1 is 1.22 bits per heavy atom. The number of hydrogen-bond donors (Lipinski definition) is 3. The fourth-order valence-electron chi connectivity index (χ4n) is 3.58. The molecule has 0 spiro atoms. The van der Waals surface area contributed by atoms with E-state index >= 15 is 0 Å². The highest BCUT2D eigenvalue weighted by Gasteiger charge is 2.57. The van der Waals surface area contributed by atoms with Gasteiger partial charge in [0.1, 0.15) is 12.9 Å². The lowest BCUT2D eigenvalue weighted by molar-refractivity contribution is -0.334. The summed E-state index contributed by atoms with van der Waals surface area (Å²) in [6.07, 6.45) is -2.47. The largest absolute Gasteiger partial charge is 0.464 e. The van der Waals surface area contributed by atoms with Gasteiger partial charge in [0, 0.05) is 31.1 Å². The Bertz CT molecular complexity index is 520. The lowest BCUT2D eigenvalue weighted by atomic mass is 9.82. The Labute approximate surface area is 133 Å². The van der Waals surface area contributed by atoms with Gasteiger partial charge in [-0.1, -0.05) is 13.5 Å². The minimum atomic E-state index is -1.71. The standard InChI is InChI=1S/C15H21NO7/c1-7-3-8(2)23-15(7,20)14-12(19)13(21-6-22-14)9-4-10(17)16-11(18)5-9/h7,9,12-14,19-20H,2-6H2,1H3,(H,16,17,18). The van der Waals surface area contributed by atoms with Crippen LogP contribution in [0.5, 0.6) is 0 Å². The number of nitrogens with one attached hydrogen (secondary N) is 1. The lowest BCUT2D eigenvalue weighted by Crippen LogP contribution is -2.62. The molecule has 5 unspecified atom stereocenters. The van der Waals surface area contributed by atoms with Crippen molar-refractivity contribution in [2.24, 2.45) is 11.8 Å². The number of hydrogen-bond acceptors (Lipinski definition) is 7. The summed E-state index contributed by atoms with van der Waals surface area (Å²) in [5, 5.41) is 23.6. The van der Waals surface area contributed by atoms with Gasteiger partial charge in [-0.15, -0.1) is 0 Å². The summed E-state index contributed by atoms with van der Waals surface area (Å²) in [4.78, 5) is 23.1. The third-order valence-electron chi connectivity index (χ3n) is 4.75. The Kier molecular flexibility index (Phi) is 4.18. The van der Waals surface area contributed by atoms with Crippen LogP contribution in [0.25, 0.3) is 0 Å². The summed E-state index contributed by atoms with van der Waals surface area (Å²) in [5.74, 6) is -2.87. The monoisotopic (exact) mass is 327 g/mol. The van der Waals surface area contributed by atoms with Crippen LogP contribution in [0.15, 0.2) is 12.3 Å². The quantitative estimate of drug-likeness (QED) is 0.580. The summed E-state index contributed by atoms with van der Waals surface area (Å²) in [6.45, 7) is 5.31. The second-order valence-corrected chi connectivity index (χ2v) is 6.46. The first-order chi connectivity index (χ1) is 10.8. The molecule has 0 saturated carbocycles. The maximum absolute atomic E-state index is 11.5. The van der Waals surface area contributed by atoms with Gasteiger partial charge in [-0.05, 0) is 0 Å². The van der Waals surface area contributed by atoms with Gasteiger partial charge in [-0.3, -0.25) is 14.9 Å². The van der Waals surface area contributed by atoms with Crippen LogP contribution < -0.4 is 5.32 Å². The Morgan fingerprint density at radius 3 is 2.43 bits per heavy atom. The van der Waals surface area contributed by atoms with E-state index in [0.717, 1.165) is 0 Å². The molecule has 3 aliphatic rings. The second-order valence-electron chi connectivity index (χ2n) is 6.46. The van der Waals surface area contributed by atoms with Gasteiger partial charge in [-0.25, -0.2) is 0 Å². The fourth-order valence-corrected chi connectivity index (χ4v) is 3.58. The van der Waals surface area contributed by atoms with Crippen LogP contribution in [0.4, 0.5) is 0 Å². The molecule has 0 radical (unpaired) electrons. The zero-order valence-corrected chi connectivity index (χ0v) is 12.9. The third kappa shape index (κ3) is 2.87. The third-order valence-corrected chi connectivity index (χ3v) is 4.75. The Balaban J connectivity index is 1.78. The van der Waals surface area contributed by atoms with Crippen molar-refractivity contribution in [1.82, 2.24) is 5.32 Å². The van der Waals surface area contributed by atoms with Crippen molar-refractivity contribution >= 4 is 11.8 Å². The van der Waals surface area contributed by atoms with Gasteiger partial charge in [0.25, 0.3) is 0 Å². The molecule has 0 aliphatic carbocycles. The maximum atomic E-state index is 11.5. The highest BCUT2D eigenvalue weighted by Crippen LogP contribution is 2.42. The number of imide groups is 1. The summed E-state index contributed by atoms with van der Waals surface area (Å²) in [6, 6.07) is 0. The molecule has 5 atom stereocenters. The number of amides is 2. The van der Waals surface area contributed by atoms with Gasteiger partial charge in [0.05, 0.1) is 11.9 Å². The molecule has 3 aliphatic heterocycles. The molecular formula is C15H21NO7. The molecule has 3 rings (SSSR count). The van der Waals surface area contributed by atoms with Crippen molar-refractivity contribution in [2.75, 3.05) is 6.79 Å². The first-order valence-electron chi connectivity index (χ1n) is 7.64. The second kappa shape index (κ2) is 5.86. The topological polar surface area (TPSA) is 114 Å². The zero-order chi connectivity index (χ0) is 16.8. The number of carbonyl (C=O) groups is 2. The Morgan fingerprint density at radius 2 is 1.87 bits per heavy atom. The van der Waals surface area contributed by atoms with Crippen molar-refractivity contribution in [1.29, 1.82) is 0 Å². The van der Waals surface area contributed by atoms with Crippen molar-refractivity contribution in [3.05, 3.63) is 12.3 Å². The van der Waals surface area contributed by atoms with Crippen molar-refractivity contribution in [3.8, 4) is 0 Å². The fraction of sp³-hybridized carbons (Fsp3) is 0.733. The van der Waals surface area contributed by atoms with Gasteiger partial charge in [0.15, 0.2) is 6.10 Å². The molecule has 23 heavy (non-hydrogen) atoms. The molecule has 3 heterocycles. The summed E-state index contributed by atoms with van der Waals surface area (Å²) in [7, 11) is 0. The number of piperidine rings is 1. The number of carbonyl (C=O) groups excluding carboxylic acids is 2. The number of allylic oxidation sites excluding steroid dienone is 1. The van der Waals surface area contributed by atoms with E-state index in [1.54, 1.807) is 6.92 Å². The average Bonchev–Trinajstić information content (AvgIpc) is 2.71. The molecule has 8 heteroatoms. The summed E-state index contributed by atoms with van der Waals surface area (Å²) >= 11 is 0. The smallest absolute Gasteiger partial charge is 0.239 e. The van der Waals surface area contributed by atoms with Crippen LogP contribution in [0, 0.1) is 11.8 Å². The molecule has 3 saturated heterocycles. The molecule has 0 bridgehead atoms. The van der Waals surface area contributed by atoms with Crippen LogP contribution in [0.1, 0.15) is 26.2 Å². The van der Waals surface area contributed by atoms with E-state index in [1.165, 1.54) is 0 Å². The van der Waals surface area contributed by atoms with Crippen LogP contribution in [0.3, 0.4) is 0 Å². The van der Waals surface area contributed by atoms with E-state index in [0.29, 0.717) is 12.2 Å². The summed E-state index contributed by atoms with van der Waals surface area (Å²) in [5.41, 5.74) is 0. The highest BCUT2D eigenvalue weighted by atomic mass is 16.7. The first-order valence-corrected chi connectivity index (χ1v) is 7.64. The molecule has 2 amide bonds. The predicted molar refractivity (Wildman–Crippen MR) is 75.4 cm³/mol. The van der Waals surface area contributed by atoms with Gasteiger partial charge < -0.3 is 24.4 Å². The van der Waals surface area contributed by atoms with E-state index < -0.39 is 41.8 Å². The lowest BCUT2D eigenvalue weighted by Gasteiger charge is -2.44. The maximum Gasteiger partial charge on any atom is 0.239 e. The van der Waals surface area contributed by atoms with Crippen LogP contribution in [-0.2, 0) is 23.8 Å². The van der Waals surface area contributed by atoms with E-state index in [2.05, 4.69) is 11.9 Å². The summed E-state index contributed by atoms with van der Waals surface area (Å²) < 4.78 is 16.2. The molecule has 8 nitrogen and oxygen atoms in total. The SMILES string of the molecule is C=C1CC(C)C(O)(C2OCOC(C3CC(=O)NC(=O)C3)C2O)O1. The van der Waals surface area contributed by atoms with E-state index in [-0.39, 0.29) is 25.6 Å². The van der Waals surface area contributed by atoms with Crippen molar-refractivity contribution < 1.29 is 34.0 Å². The van der Waals surface area contributed by atoms with Gasteiger partial charge in [-0.2, -0.15) is 0 Å². The van der Waals surface area contributed by atoms with Crippen LogP contribution >= 0.6 is 0 Å². The molecule has 0 aromatic carbocycles. The normalized spacial score (nSPS) is 42.5. The van der Waals surface area contributed by atoms with Crippen molar-refractivity contribution in [2.45, 2.75) is 50.3 Å². The van der Waals surface area contributed by atoms with E-state index in [1.807, 2.05) is 0 Å². The molecule has 3 N–H and O–H groups in total. The number of rotatable bonds is 2. The molecule has 0 aromatic rings. The highest BCUT2D eigenvalue weighted by molar-refractivity contribution is 5.97. The number of ether oxygens (including phenoxy) is 3. The number of aliphatic hydroxyl groups excluding tert-OH is 1. The van der Waals surface area contributed by atoms with Gasteiger partial charge >= 0.3 is 0 Å². The van der Waals surface area contributed by atoms with E-state index in [9.17, 15) is 19.8 Å². The average molecular weight is 327 g/mol. The van der Waals surface area contributed by atoms with E-state index in [4.69, 9.17) is 14.2 Å². The minimum absolute atomic E-state index is 0.0712. The van der Waals surface area contributed by atoms with Crippen LogP contribution in [-0.4, -0.2) is 52.9 Å². The van der Waals surface area contributed by atoms with Crippen LogP contribution in [0.2, 0.25) is 0 Å². The first kappa shape index (κ1) is 16.4. The molecular weight excluding hydrogens is 306 g/mol. The minimum Gasteiger partial charge on any atom is -0.464 e. The van der Waals surface area contributed by atoms with Gasteiger partial charge in [0.2, 0.25) is 17.6 Å². The van der Waals surface area contributed by atoms with Crippen molar-refractivity contribution in [3.63, 3.8) is 0 Å². The predicted octanol–water partition coefficient (Wildman–Crippen LogP) is -0.600. The molecule has 3 fully saturated rings. The molecule has 128 valence electrons.